The molecule has 4 N–H and O–H groups in total. The van der Waals surface area contributed by atoms with Gasteiger partial charge >= 0.3 is 18.0 Å². The van der Waals surface area contributed by atoms with Gasteiger partial charge in [0.2, 0.25) is 6.79 Å². The van der Waals surface area contributed by atoms with Gasteiger partial charge in [-0.3, -0.25) is 19.3 Å². The molecule has 0 radical (unpaired) electrons. The van der Waals surface area contributed by atoms with Gasteiger partial charge in [-0.15, -0.1) is 23.1 Å². The monoisotopic (exact) mass is 610 g/mol. The number of nitrogens with two attached hydrogens (primary N) is 1. The van der Waals surface area contributed by atoms with E-state index in [1.165, 1.54) is 48.4 Å². The Morgan fingerprint density at radius 2 is 1.98 bits per heavy atom. The quantitative estimate of drug-likeness (QED) is 0.110. The van der Waals surface area contributed by atoms with Gasteiger partial charge in [-0.25, -0.2) is 14.6 Å². The van der Waals surface area contributed by atoms with Crippen LogP contribution in [0.2, 0.25) is 0 Å². The third-order valence-electron chi connectivity index (χ3n) is 5.47. The standard InChI is InChI=1S/C24H30N6O9S2/c1-24(2,3)21(34)39-11-38-20(33)16-12(7-6-8-37-23(35)26-4)9-40-19-15(18(32)30(16)19)28-17(31)14(29-36-5)13-10-41-22(25)27-13/h6-7,10,15,19H,8-9,11H2,1-5H3,(H2,25,27)(H,26,35)(H,28,31)/b7-6-,29-14-/t15?,19-/m1/s1. The zero-order chi connectivity index (χ0) is 30.3. The number of rotatable bonds is 10. The van der Waals surface area contributed by atoms with Crippen molar-refractivity contribution in [2.24, 2.45) is 10.6 Å². The highest BCUT2D eigenvalue weighted by Gasteiger charge is 2.54. The average Bonchev–Trinajstić information content (AvgIpc) is 3.36. The van der Waals surface area contributed by atoms with E-state index in [1.807, 2.05) is 0 Å². The Balaban J connectivity index is 1.79. The fourth-order valence-electron chi connectivity index (χ4n) is 3.47. The summed E-state index contributed by atoms with van der Waals surface area (Å²) in [5, 5.41) is 9.72. The van der Waals surface area contributed by atoms with Crippen LogP contribution in [-0.2, 0) is 38.2 Å². The van der Waals surface area contributed by atoms with E-state index in [0.29, 0.717) is 5.57 Å². The predicted molar refractivity (Wildman–Crippen MR) is 148 cm³/mol. The van der Waals surface area contributed by atoms with Crippen LogP contribution in [0, 0.1) is 5.41 Å². The van der Waals surface area contributed by atoms with Crippen LogP contribution in [0.5, 0.6) is 0 Å². The van der Waals surface area contributed by atoms with E-state index >= 15 is 0 Å². The maximum Gasteiger partial charge on any atom is 0.407 e. The molecule has 1 saturated heterocycles. The lowest BCUT2D eigenvalue weighted by Crippen LogP contribution is -2.71. The summed E-state index contributed by atoms with van der Waals surface area (Å²) in [6, 6.07) is -1.01. The summed E-state index contributed by atoms with van der Waals surface area (Å²) in [6.45, 7) is 4.17. The van der Waals surface area contributed by atoms with E-state index in [0.717, 1.165) is 11.3 Å². The van der Waals surface area contributed by atoms with E-state index in [-0.39, 0.29) is 34.6 Å². The number of thiazole rings is 1. The molecule has 0 aromatic carbocycles. The minimum atomic E-state index is -1.01. The molecule has 2 aliphatic rings. The molecule has 0 spiro atoms. The van der Waals surface area contributed by atoms with Gasteiger partial charge in [-0.2, -0.15) is 0 Å². The van der Waals surface area contributed by atoms with E-state index in [2.05, 4.69) is 20.8 Å². The highest BCUT2D eigenvalue weighted by Crippen LogP contribution is 2.41. The van der Waals surface area contributed by atoms with Crippen molar-refractivity contribution in [2.45, 2.75) is 32.2 Å². The van der Waals surface area contributed by atoms with Crippen molar-refractivity contribution in [2.75, 3.05) is 39.0 Å². The molecule has 17 heteroatoms. The molecule has 0 saturated carbocycles. The van der Waals surface area contributed by atoms with Crippen LogP contribution in [0.25, 0.3) is 0 Å². The molecular formula is C24H30N6O9S2. The number of carbonyl (C=O) groups is 5. The van der Waals surface area contributed by atoms with Crippen molar-refractivity contribution in [3.63, 3.8) is 0 Å². The number of nitrogens with zero attached hydrogens (tertiary/aromatic N) is 3. The molecule has 3 heterocycles. The number of alkyl carbamates (subject to hydrolysis) is 1. The number of hydrogen-bond acceptors (Lipinski definition) is 14. The minimum Gasteiger partial charge on any atom is -0.445 e. The van der Waals surface area contributed by atoms with Crippen molar-refractivity contribution in [3.8, 4) is 0 Å². The average molecular weight is 611 g/mol. The second-order valence-electron chi connectivity index (χ2n) is 9.41. The number of aromatic nitrogens is 1. The number of ether oxygens (including phenoxy) is 3. The Bertz CT molecular complexity index is 1300. The van der Waals surface area contributed by atoms with Crippen LogP contribution in [0.3, 0.4) is 0 Å². The molecule has 1 fully saturated rings. The Kier molecular flexibility index (Phi) is 10.3. The Hall–Kier alpha value is -4.12. The molecule has 3 rings (SSSR count). The SMILES string of the molecule is CNC(=O)OC/C=C\C1=C(C(=O)OCOC(=O)C(C)(C)C)N2C(=O)C(NC(=O)/C(=N\OC)c3csc(N)n3)[C@H]2SC1. The fraction of sp³-hybridized carbons (Fsp3) is 0.458. The predicted octanol–water partition coefficient (Wildman–Crippen LogP) is 0.732. The van der Waals surface area contributed by atoms with E-state index in [4.69, 9.17) is 24.8 Å². The van der Waals surface area contributed by atoms with Gasteiger partial charge < -0.3 is 35.4 Å². The van der Waals surface area contributed by atoms with Crippen LogP contribution in [-0.4, -0.2) is 90.2 Å². The lowest BCUT2D eigenvalue weighted by molar-refractivity contribution is -0.173. The fourth-order valence-corrected chi connectivity index (χ4v) is 5.34. The number of fused-ring (bicyclic) bond motifs is 1. The normalized spacial score (nSPS) is 18.8. The zero-order valence-corrected chi connectivity index (χ0v) is 24.6. The van der Waals surface area contributed by atoms with Crippen LogP contribution < -0.4 is 16.4 Å². The summed E-state index contributed by atoms with van der Waals surface area (Å²) in [5.74, 6) is -2.57. The molecule has 1 aromatic heterocycles. The number of esters is 2. The van der Waals surface area contributed by atoms with Crippen molar-refractivity contribution < 1.29 is 43.0 Å². The van der Waals surface area contributed by atoms with E-state index in [1.54, 1.807) is 20.8 Å². The molecule has 15 nitrogen and oxygen atoms in total. The van der Waals surface area contributed by atoms with Gasteiger partial charge in [0.05, 0.1) is 5.41 Å². The molecular weight excluding hydrogens is 580 g/mol. The highest BCUT2D eigenvalue weighted by atomic mass is 32.2. The first kappa shape index (κ1) is 31.4. The smallest absolute Gasteiger partial charge is 0.407 e. The summed E-state index contributed by atoms with van der Waals surface area (Å²) >= 11 is 2.39. The highest BCUT2D eigenvalue weighted by molar-refractivity contribution is 8.00. The summed E-state index contributed by atoms with van der Waals surface area (Å²) in [4.78, 5) is 72.7. The number of nitrogens with one attached hydrogen (secondary N) is 2. The molecule has 1 aromatic rings. The lowest BCUT2D eigenvalue weighted by atomic mass is 9.98. The first-order chi connectivity index (χ1) is 19.4. The largest absolute Gasteiger partial charge is 0.445 e. The molecule has 3 amide bonds. The Morgan fingerprint density at radius 3 is 2.59 bits per heavy atom. The Morgan fingerprint density at radius 1 is 1.24 bits per heavy atom. The molecule has 222 valence electrons. The second-order valence-corrected chi connectivity index (χ2v) is 11.4. The number of nitrogen functional groups attached to an aromatic ring is 1. The van der Waals surface area contributed by atoms with Gasteiger partial charge in [0, 0.05) is 18.2 Å². The number of β-lactam (4-membered cyclic amide) rings is 1. The van der Waals surface area contributed by atoms with Crippen LogP contribution >= 0.6 is 23.1 Å². The first-order valence-corrected chi connectivity index (χ1v) is 14.0. The molecule has 2 atom stereocenters. The molecule has 41 heavy (non-hydrogen) atoms. The molecule has 0 aliphatic carbocycles. The van der Waals surface area contributed by atoms with Crippen LogP contribution in [0.4, 0.5) is 9.93 Å². The number of thioether (sulfide) groups is 1. The lowest BCUT2D eigenvalue weighted by Gasteiger charge is -2.49. The van der Waals surface area contributed by atoms with Gasteiger partial charge in [0.1, 0.15) is 36.5 Å². The molecule has 2 aliphatic heterocycles. The van der Waals surface area contributed by atoms with Crippen LogP contribution in [0.1, 0.15) is 26.5 Å². The molecule has 1 unspecified atom stereocenters. The molecule has 0 bridgehead atoms. The van der Waals surface area contributed by atoms with Gasteiger partial charge in [0.15, 0.2) is 10.8 Å². The number of hydrogen-bond donors (Lipinski definition) is 3. The maximum atomic E-state index is 13.2. The Labute approximate surface area is 243 Å². The number of allylic oxidation sites excluding steroid dienone is 1. The number of oxime groups is 1. The van der Waals surface area contributed by atoms with Crippen molar-refractivity contribution in [3.05, 3.63) is 34.5 Å². The van der Waals surface area contributed by atoms with Gasteiger partial charge in [-0.05, 0) is 32.4 Å². The van der Waals surface area contributed by atoms with Crippen molar-refractivity contribution >= 4 is 63.8 Å². The number of amides is 3. The van der Waals surface area contributed by atoms with Crippen molar-refractivity contribution in [1.82, 2.24) is 20.5 Å². The zero-order valence-electron chi connectivity index (χ0n) is 22.9. The minimum absolute atomic E-state index is 0.0923. The summed E-state index contributed by atoms with van der Waals surface area (Å²) in [7, 11) is 2.67. The van der Waals surface area contributed by atoms with Crippen LogP contribution in [0.15, 0.2) is 34.0 Å². The number of anilines is 1. The third kappa shape index (κ3) is 7.55. The summed E-state index contributed by atoms with van der Waals surface area (Å²) in [5.41, 5.74) is 5.15. The summed E-state index contributed by atoms with van der Waals surface area (Å²) in [6.07, 6.45) is 2.38. The third-order valence-corrected chi connectivity index (χ3v) is 7.44. The van der Waals surface area contributed by atoms with E-state index in [9.17, 15) is 24.0 Å². The van der Waals surface area contributed by atoms with Crippen molar-refractivity contribution in [1.29, 1.82) is 0 Å². The van der Waals surface area contributed by atoms with E-state index < -0.39 is 53.5 Å². The van der Waals surface area contributed by atoms with Gasteiger partial charge in [0.25, 0.3) is 11.8 Å². The maximum absolute atomic E-state index is 13.2. The topological polar surface area (TPSA) is 201 Å². The summed E-state index contributed by atoms with van der Waals surface area (Å²) < 4.78 is 15.1. The van der Waals surface area contributed by atoms with Gasteiger partial charge in [-0.1, -0.05) is 11.2 Å². The number of carbonyl (C=O) groups excluding carboxylic acids is 5. The second kappa shape index (κ2) is 13.5. The first-order valence-electron chi connectivity index (χ1n) is 12.1.